The molecule has 1 aromatic heterocycles. The predicted molar refractivity (Wildman–Crippen MR) is 113 cm³/mol. The van der Waals surface area contributed by atoms with Gasteiger partial charge in [0.25, 0.3) is 5.91 Å². The number of para-hydroxylation sites is 1. The molecular weight excluding hydrogens is 424 g/mol. The molecule has 0 bridgehead atoms. The highest BCUT2D eigenvalue weighted by Crippen LogP contribution is 2.33. The summed E-state index contributed by atoms with van der Waals surface area (Å²) in [7, 11) is 1.57. The van der Waals surface area contributed by atoms with Crippen LogP contribution in [0.2, 0.25) is 0 Å². The zero-order valence-corrected chi connectivity index (χ0v) is 17.3. The standard InChI is InChI=1S/C21H22N2O7S/c1-22-19(28)12-3-2-4-14-15(12)23-20(31-14)10-5-7-11(8-6-10)29-21-18(27)17(26)16(25)13(9-24)30-21/h2-8,13,16-18,21,24-27H,9H2,1H3,(H,22,28). The second kappa shape index (κ2) is 8.87. The third-order valence-corrected chi connectivity index (χ3v) is 6.16. The number of nitrogens with zero attached hydrogens (tertiary/aromatic N) is 1. The van der Waals surface area contributed by atoms with Crippen molar-refractivity contribution >= 4 is 27.5 Å². The van der Waals surface area contributed by atoms with E-state index in [2.05, 4.69) is 10.3 Å². The van der Waals surface area contributed by atoms with E-state index < -0.39 is 37.3 Å². The van der Waals surface area contributed by atoms with Crippen LogP contribution in [0.1, 0.15) is 10.4 Å². The lowest BCUT2D eigenvalue weighted by Crippen LogP contribution is -2.60. The number of aromatic nitrogens is 1. The smallest absolute Gasteiger partial charge is 0.253 e. The normalized spacial score (nSPS) is 26.0. The molecule has 0 aliphatic carbocycles. The molecule has 2 aromatic carbocycles. The molecule has 9 nitrogen and oxygen atoms in total. The first-order valence-corrected chi connectivity index (χ1v) is 10.4. The van der Waals surface area contributed by atoms with Crippen molar-refractivity contribution in [1.29, 1.82) is 0 Å². The average Bonchev–Trinajstić information content (AvgIpc) is 3.23. The van der Waals surface area contributed by atoms with E-state index in [0.717, 1.165) is 15.3 Å². The van der Waals surface area contributed by atoms with Gasteiger partial charge >= 0.3 is 0 Å². The first kappa shape index (κ1) is 21.6. The van der Waals surface area contributed by atoms with E-state index in [1.165, 1.54) is 11.3 Å². The number of hydrogen-bond donors (Lipinski definition) is 5. The highest BCUT2D eigenvalue weighted by molar-refractivity contribution is 7.21. The Bertz CT molecular complexity index is 1070. The van der Waals surface area contributed by atoms with Crippen LogP contribution in [-0.4, -0.2) is 75.7 Å². The Morgan fingerprint density at radius 2 is 1.87 bits per heavy atom. The Kier molecular flexibility index (Phi) is 6.19. The number of nitrogens with one attached hydrogen (secondary N) is 1. The number of benzene rings is 2. The lowest BCUT2D eigenvalue weighted by Gasteiger charge is -2.39. The second-order valence-electron chi connectivity index (χ2n) is 7.09. The maximum Gasteiger partial charge on any atom is 0.253 e. The van der Waals surface area contributed by atoms with Crippen LogP contribution in [0.4, 0.5) is 0 Å². The number of carbonyl (C=O) groups is 1. The Balaban J connectivity index is 1.54. The van der Waals surface area contributed by atoms with Gasteiger partial charge in [-0.15, -0.1) is 11.3 Å². The molecule has 31 heavy (non-hydrogen) atoms. The summed E-state index contributed by atoms with van der Waals surface area (Å²) in [6.07, 6.45) is -6.72. The third kappa shape index (κ3) is 4.13. The maximum atomic E-state index is 12.1. The molecule has 4 rings (SSSR count). The molecule has 3 aromatic rings. The molecule has 5 atom stereocenters. The molecule has 164 valence electrons. The molecule has 1 aliphatic rings. The van der Waals surface area contributed by atoms with Crippen LogP contribution in [-0.2, 0) is 4.74 Å². The van der Waals surface area contributed by atoms with Gasteiger partial charge in [-0.1, -0.05) is 6.07 Å². The predicted octanol–water partition coefficient (Wildman–Crippen LogP) is 0.502. The minimum atomic E-state index is -1.51. The van der Waals surface area contributed by atoms with Gasteiger partial charge in [-0.05, 0) is 36.4 Å². The summed E-state index contributed by atoms with van der Waals surface area (Å²) < 4.78 is 11.9. The van der Waals surface area contributed by atoms with E-state index in [9.17, 15) is 25.2 Å². The molecular formula is C21H22N2O7S. The quantitative estimate of drug-likeness (QED) is 0.382. The van der Waals surface area contributed by atoms with E-state index in [-0.39, 0.29) is 5.91 Å². The Morgan fingerprint density at radius 3 is 2.55 bits per heavy atom. The molecule has 1 saturated heterocycles. The lowest BCUT2D eigenvalue weighted by atomic mass is 9.99. The highest BCUT2D eigenvalue weighted by atomic mass is 32.1. The molecule has 0 saturated carbocycles. The summed E-state index contributed by atoms with van der Waals surface area (Å²) >= 11 is 1.45. The number of fused-ring (bicyclic) bond motifs is 1. The highest BCUT2D eigenvalue weighted by Gasteiger charge is 2.44. The number of rotatable bonds is 5. The fourth-order valence-electron chi connectivity index (χ4n) is 3.36. The van der Waals surface area contributed by atoms with Gasteiger partial charge in [0, 0.05) is 12.6 Å². The van der Waals surface area contributed by atoms with Gasteiger partial charge in [0.1, 0.15) is 35.2 Å². The van der Waals surface area contributed by atoms with Gasteiger partial charge in [-0.3, -0.25) is 4.79 Å². The molecule has 1 fully saturated rings. The van der Waals surface area contributed by atoms with Crippen LogP contribution in [0, 0.1) is 0 Å². The van der Waals surface area contributed by atoms with Crippen molar-refractivity contribution in [2.75, 3.05) is 13.7 Å². The van der Waals surface area contributed by atoms with Gasteiger partial charge < -0.3 is 35.2 Å². The zero-order chi connectivity index (χ0) is 22.1. The molecule has 0 radical (unpaired) electrons. The van der Waals surface area contributed by atoms with Gasteiger partial charge in [0.05, 0.1) is 22.4 Å². The van der Waals surface area contributed by atoms with Crippen molar-refractivity contribution in [1.82, 2.24) is 10.3 Å². The molecule has 5 N–H and O–H groups in total. The SMILES string of the molecule is CNC(=O)c1cccc2sc(-c3ccc(OC4OC(CO)C(O)C(O)C4O)cc3)nc12. The van der Waals surface area contributed by atoms with Crippen LogP contribution >= 0.6 is 11.3 Å². The Morgan fingerprint density at radius 1 is 1.13 bits per heavy atom. The number of thiazole rings is 1. The molecule has 1 aliphatic heterocycles. The van der Waals surface area contributed by atoms with Gasteiger partial charge in [0.2, 0.25) is 6.29 Å². The minimum Gasteiger partial charge on any atom is -0.462 e. The van der Waals surface area contributed by atoms with Crippen molar-refractivity contribution in [2.45, 2.75) is 30.7 Å². The first-order chi connectivity index (χ1) is 14.9. The van der Waals surface area contributed by atoms with Crippen molar-refractivity contribution in [3.8, 4) is 16.3 Å². The summed E-state index contributed by atoms with van der Waals surface area (Å²) in [5.74, 6) is 0.158. The van der Waals surface area contributed by atoms with Gasteiger partial charge in [-0.25, -0.2) is 4.98 Å². The third-order valence-electron chi connectivity index (χ3n) is 5.09. The van der Waals surface area contributed by atoms with Crippen molar-refractivity contribution in [3.63, 3.8) is 0 Å². The Labute approximate surface area is 181 Å². The van der Waals surface area contributed by atoms with E-state index >= 15 is 0 Å². The fourth-order valence-corrected chi connectivity index (χ4v) is 4.36. The van der Waals surface area contributed by atoms with Crippen LogP contribution in [0.5, 0.6) is 5.75 Å². The fraction of sp³-hybridized carbons (Fsp3) is 0.333. The molecule has 0 spiro atoms. The molecule has 10 heteroatoms. The van der Waals surface area contributed by atoms with Gasteiger partial charge in [0.15, 0.2) is 0 Å². The first-order valence-electron chi connectivity index (χ1n) is 9.62. The summed E-state index contributed by atoms with van der Waals surface area (Å²) in [5, 5.41) is 42.5. The largest absolute Gasteiger partial charge is 0.462 e. The number of hydrogen-bond acceptors (Lipinski definition) is 9. The number of aliphatic hydroxyl groups excluding tert-OH is 4. The van der Waals surface area contributed by atoms with E-state index in [1.807, 2.05) is 12.1 Å². The van der Waals surface area contributed by atoms with Gasteiger partial charge in [-0.2, -0.15) is 0 Å². The summed E-state index contributed by atoms with van der Waals surface area (Å²) in [6.45, 7) is -0.528. The monoisotopic (exact) mass is 446 g/mol. The average molecular weight is 446 g/mol. The van der Waals surface area contributed by atoms with Crippen LogP contribution in [0.15, 0.2) is 42.5 Å². The summed E-state index contributed by atoms with van der Waals surface area (Å²) in [6, 6.07) is 12.3. The van der Waals surface area contributed by atoms with Crippen LogP contribution in [0.25, 0.3) is 20.8 Å². The van der Waals surface area contributed by atoms with Crippen LogP contribution in [0.3, 0.4) is 0 Å². The molecule has 5 unspecified atom stereocenters. The maximum absolute atomic E-state index is 12.1. The summed E-state index contributed by atoms with van der Waals surface area (Å²) in [4.78, 5) is 16.7. The summed E-state index contributed by atoms with van der Waals surface area (Å²) in [5.41, 5.74) is 1.94. The van der Waals surface area contributed by atoms with Crippen molar-refractivity contribution in [2.24, 2.45) is 0 Å². The zero-order valence-electron chi connectivity index (χ0n) is 16.5. The Hall–Kier alpha value is -2.60. The minimum absolute atomic E-state index is 0.203. The number of carbonyl (C=O) groups excluding carboxylic acids is 1. The number of ether oxygens (including phenoxy) is 2. The van der Waals surface area contributed by atoms with Crippen LogP contribution < -0.4 is 10.1 Å². The molecule has 2 heterocycles. The van der Waals surface area contributed by atoms with Crippen molar-refractivity contribution in [3.05, 3.63) is 48.0 Å². The number of amides is 1. The second-order valence-corrected chi connectivity index (χ2v) is 8.12. The van der Waals surface area contributed by atoms with E-state index in [1.54, 1.807) is 37.4 Å². The van der Waals surface area contributed by atoms with E-state index in [4.69, 9.17) is 9.47 Å². The van der Waals surface area contributed by atoms with Crippen molar-refractivity contribution < 1.29 is 34.7 Å². The molecule has 1 amide bonds. The number of aliphatic hydroxyl groups is 4. The van der Waals surface area contributed by atoms with E-state index in [0.29, 0.717) is 16.8 Å². The lowest BCUT2D eigenvalue weighted by molar-refractivity contribution is -0.277. The topological polar surface area (TPSA) is 141 Å².